The number of rotatable bonds is 5. The third kappa shape index (κ3) is 2.81. The SMILES string of the molecule is CCNc1ncnc(NC(C)c2nncn2C)c1C. The zero-order valence-corrected chi connectivity index (χ0v) is 11.7. The monoisotopic (exact) mass is 261 g/mol. The Balaban J connectivity index is 2.19. The van der Waals surface area contributed by atoms with Gasteiger partial charge in [0.2, 0.25) is 0 Å². The molecule has 2 heterocycles. The average Bonchev–Trinajstić information content (AvgIpc) is 2.81. The lowest BCUT2D eigenvalue weighted by Gasteiger charge is -2.16. The normalized spacial score (nSPS) is 12.2. The lowest BCUT2D eigenvalue weighted by Crippen LogP contribution is -2.14. The third-order valence-electron chi connectivity index (χ3n) is 2.92. The Bertz CT molecular complexity index is 549. The molecule has 0 saturated carbocycles. The first-order chi connectivity index (χ1) is 9.13. The minimum atomic E-state index is 0.0237. The van der Waals surface area contributed by atoms with E-state index < -0.39 is 0 Å². The maximum absolute atomic E-state index is 4.28. The molecule has 0 spiro atoms. The number of hydrogen-bond donors (Lipinski definition) is 2. The molecule has 2 aromatic rings. The molecule has 0 aliphatic heterocycles. The van der Waals surface area contributed by atoms with Crippen LogP contribution >= 0.6 is 0 Å². The van der Waals surface area contributed by atoms with Gasteiger partial charge in [-0.2, -0.15) is 0 Å². The molecule has 102 valence electrons. The zero-order chi connectivity index (χ0) is 13.8. The molecule has 0 aliphatic rings. The predicted molar refractivity (Wildman–Crippen MR) is 74.0 cm³/mol. The maximum atomic E-state index is 4.28. The Kier molecular flexibility index (Phi) is 3.94. The fourth-order valence-corrected chi connectivity index (χ4v) is 1.90. The summed E-state index contributed by atoms with van der Waals surface area (Å²) in [5, 5.41) is 14.5. The van der Waals surface area contributed by atoms with Gasteiger partial charge in [-0.15, -0.1) is 10.2 Å². The van der Waals surface area contributed by atoms with Crippen LogP contribution in [0.5, 0.6) is 0 Å². The molecule has 0 amide bonds. The van der Waals surface area contributed by atoms with Crippen molar-refractivity contribution in [2.75, 3.05) is 17.2 Å². The van der Waals surface area contributed by atoms with E-state index in [0.29, 0.717) is 0 Å². The highest BCUT2D eigenvalue weighted by Crippen LogP contribution is 2.22. The number of aryl methyl sites for hydroxylation is 1. The van der Waals surface area contributed by atoms with Gasteiger partial charge in [-0.05, 0) is 20.8 Å². The first kappa shape index (κ1) is 13.3. The molecule has 2 N–H and O–H groups in total. The molecule has 0 fully saturated rings. The van der Waals surface area contributed by atoms with E-state index >= 15 is 0 Å². The molecule has 0 radical (unpaired) electrons. The summed E-state index contributed by atoms with van der Waals surface area (Å²) in [5.74, 6) is 2.52. The van der Waals surface area contributed by atoms with Crippen molar-refractivity contribution in [3.8, 4) is 0 Å². The standard InChI is InChI=1S/C12H19N7/c1-5-13-10-8(2)11(15-6-14-10)17-9(3)12-18-16-7-19(12)4/h6-7,9H,5H2,1-4H3,(H2,13,14,15,17). The number of aromatic nitrogens is 5. The van der Waals surface area contributed by atoms with Crippen LogP contribution in [0.15, 0.2) is 12.7 Å². The zero-order valence-electron chi connectivity index (χ0n) is 11.7. The van der Waals surface area contributed by atoms with Crippen LogP contribution in [0.2, 0.25) is 0 Å². The van der Waals surface area contributed by atoms with Crippen LogP contribution in [0.3, 0.4) is 0 Å². The Labute approximate surface area is 112 Å². The van der Waals surface area contributed by atoms with E-state index in [1.165, 1.54) is 0 Å². The maximum Gasteiger partial charge on any atom is 0.154 e. The summed E-state index contributed by atoms with van der Waals surface area (Å²) >= 11 is 0. The summed E-state index contributed by atoms with van der Waals surface area (Å²) < 4.78 is 1.89. The Hall–Kier alpha value is -2.18. The van der Waals surface area contributed by atoms with Gasteiger partial charge in [0.25, 0.3) is 0 Å². The molecule has 1 unspecified atom stereocenters. The van der Waals surface area contributed by atoms with E-state index in [0.717, 1.165) is 29.6 Å². The van der Waals surface area contributed by atoms with Gasteiger partial charge in [0.1, 0.15) is 24.3 Å². The fraction of sp³-hybridized carbons (Fsp3) is 0.500. The molecule has 1 atom stereocenters. The predicted octanol–water partition coefficient (Wildman–Crippen LogP) is 1.52. The van der Waals surface area contributed by atoms with E-state index in [1.807, 2.05) is 32.4 Å². The third-order valence-corrected chi connectivity index (χ3v) is 2.92. The summed E-state index contributed by atoms with van der Waals surface area (Å²) in [6.45, 7) is 6.88. The number of nitrogens with one attached hydrogen (secondary N) is 2. The Morgan fingerprint density at radius 3 is 2.68 bits per heavy atom. The minimum absolute atomic E-state index is 0.0237. The van der Waals surface area contributed by atoms with Crippen LogP contribution in [0.25, 0.3) is 0 Å². The van der Waals surface area contributed by atoms with Crippen LogP contribution in [-0.4, -0.2) is 31.3 Å². The lowest BCUT2D eigenvalue weighted by molar-refractivity contribution is 0.715. The van der Waals surface area contributed by atoms with E-state index in [2.05, 4.69) is 30.8 Å². The molecule has 0 aliphatic carbocycles. The first-order valence-electron chi connectivity index (χ1n) is 6.29. The van der Waals surface area contributed by atoms with Crippen LogP contribution < -0.4 is 10.6 Å². The summed E-state index contributed by atoms with van der Waals surface area (Å²) in [5.41, 5.74) is 0.998. The van der Waals surface area contributed by atoms with E-state index in [-0.39, 0.29) is 6.04 Å². The van der Waals surface area contributed by atoms with Crippen LogP contribution in [0.4, 0.5) is 11.6 Å². The molecule has 0 saturated heterocycles. The highest BCUT2D eigenvalue weighted by Gasteiger charge is 2.14. The smallest absolute Gasteiger partial charge is 0.154 e. The summed E-state index contributed by atoms with van der Waals surface area (Å²) in [7, 11) is 1.92. The van der Waals surface area contributed by atoms with Gasteiger partial charge in [0.05, 0.1) is 6.04 Å². The first-order valence-corrected chi connectivity index (χ1v) is 6.29. The molecule has 0 aromatic carbocycles. The van der Waals surface area contributed by atoms with Gasteiger partial charge in [0.15, 0.2) is 5.82 Å². The molecule has 7 nitrogen and oxygen atoms in total. The van der Waals surface area contributed by atoms with Crippen LogP contribution in [-0.2, 0) is 7.05 Å². The molecular weight excluding hydrogens is 242 g/mol. The van der Waals surface area contributed by atoms with Crippen molar-refractivity contribution < 1.29 is 0 Å². The van der Waals surface area contributed by atoms with Gasteiger partial charge in [-0.3, -0.25) is 0 Å². The van der Waals surface area contributed by atoms with Gasteiger partial charge in [-0.25, -0.2) is 9.97 Å². The second-order valence-corrected chi connectivity index (χ2v) is 4.39. The van der Waals surface area contributed by atoms with Crippen molar-refractivity contribution in [3.63, 3.8) is 0 Å². The number of nitrogens with zero attached hydrogens (tertiary/aromatic N) is 5. The summed E-state index contributed by atoms with van der Waals surface area (Å²) in [6, 6.07) is 0.0237. The molecule has 2 aromatic heterocycles. The van der Waals surface area contributed by atoms with E-state index in [9.17, 15) is 0 Å². The molecule has 0 bridgehead atoms. The van der Waals surface area contributed by atoms with Crippen molar-refractivity contribution >= 4 is 11.6 Å². The van der Waals surface area contributed by atoms with Crippen molar-refractivity contribution in [1.82, 2.24) is 24.7 Å². The van der Waals surface area contributed by atoms with Crippen LogP contribution in [0.1, 0.15) is 31.3 Å². The number of anilines is 2. The van der Waals surface area contributed by atoms with Crippen molar-refractivity contribution in [2.24, 2.45) is 7.05 Å². The Morgan fingerprint density at radius 2 is 2.05 bits per heavy atom. The highest BCUT2D eigenvalue weighted by atomic mass is 15.3. The largest absolute Gasteiger partial charge is 0.370 e. The van der Waals surface area contributed by atoms with Crippen LogP contribution in [0, 0.1) is 6.92 Å². The minimum Gasteiger partial charge on any atom is -0.370 e. The van der Waals surface area contributed by atoms with Crippen molar-refractivity contribution in [2.45, 2.75) is 26.8 Å². The average molecular weight is 261 g/mol. The second kappa shape index (κ2) is 5.64. The molecule has 2 rings (SSSR count). The fourth-order valence-electron chi connectivity index (χ4n) is 1.90. The summed E-state index contributed by atoms with van der Waals surface area (Å²) in [4.78, 5) is 8.50. The van der Waals surface area contributed by atoms with E-state index in [4.69, 9.17) is 0 Å². The molecule has 19 heavy (non-hydrogen) atoms. The van der Waals surface area contributed by atoms with Gasteiger partial charge in [0, 0.05) is 19.2 Å². The van der Waals surface area contributed by atoms with E-state index in [1.54, 1.807) is 12.7 Å². The van der Waals surface area contributed by atoms with Crippen molar-refractivity contribution in [3.05, 3.63) is 24.0 Å². The topological polar surface area (TPSA) is 80.6 Å². The van der Waals surface area contributed by atoms with Crippen molar-refractivity contribution in [1.29, 1.82) is 0 Å². The van der Waals surface area contributed by atoms with Gasteiger partial charge in [-0.1, -0.05) is 0 Å². The van der Waals surface area contributed by atoms with Gasteiger partial charge >= 0.3 is 0 Å². The lowest BCUT2D eigenvalue weighted by atomic mass is 10.2. The van der Waals surface area contributed by atoms with Gasteiger partial charge < -0.3 is 15.2 Å². The Morgan fingerprint density at radius 1 is 1.32 bits per heavy atom. The summed E-state index contributed by atoms with van der Waals surface area (Å²) in [6.07, 6.45) is 3.24. The number of hydrogen-bond acceptors (Lipinski definition) is 6. The molecule has 7 heteroatoms. The quantitative estimate of drug-likeness (QED) is 0.849. The molecular formula is C12H19N7. The second-order valence-electron chi connectivity index (χ2n) is 4.39. The highest BCUT2D eigenvalue weighted by molar-refractivity contribution is 5.56.